The van der Waals surface area contributed by atoms with E-state index < -0.39 is 9.84 Å². The van der Waals surface area contributed by atoms with Gasteiger partial charge in [0.15, 0.2) is 0 Å². The minimum Gasteiger partial charge on any atom is -0.372 e. The van der Waals surface area contributed by atoms with E-state index in [1.807, 2.05) is 0 Å². The topological polar surface area (TPSA) is 46.7 Å². The SMILES string of the molecule is CS(=O)(=O)CCSCC1CO1. The fourth-order valence-electron chi connectivity index (χ4n) is 0.589. The molecule has 1 heterocycles. The van der Waals surface area contributed by atoms with E-state index in [4.69, 9.17) is 4.74 Å². The molecule has 0 saturated carbocycles. The fraction of sp³-hybridized carbons (Fsp3) is 1.00. The van der Waals surface area contributed by atoms with E-state index in [1.54, 1.807) is 11.8 Å². The summed E-state index contributed by atoms with van der Waals surface area (Å²) >= 11 is 1.65. The summed E-state index contributed by atoms with van der Waals surface area (Å²) in [4.78, 5) is 0. The highest BCUT2D eigenvalue weighted by Gasteiger charge is 2.21. The molecule has 1 fully saturated rings. The van der Waals surface area contributed by atoms with E-state index in [-0.39, 0.29) is 5.75 Å². The molecule has 1 aliphatic heterocycles. The molecule has 0 bridgehead atoms. The average molecular weight is 196 g/mol. The number of hydrogen-bond acceptors (Lipinski definition) is 4. The molecule has 11 heavy (non-hydrogen) atoms. The highest BCUT2D eigenvalue weighted by atomic mass is 32.2. The van der Waals surface area contributed by atoms with Gasteiger partial charge in [-0.2, -0.15) is 11.8 Å². The molecule has 0 aliphatic carbocycles. The van der Waals surface area contributed by atoms with Crippen molar-refractivity contribution in [2.24, 2.45) is 0 Å². The Hall–Kier alpha value is 0.260. The standard InChI is InChI=1S/C6H12O3S2/c1-11(7,8)3-2-10-5-6-4-9-6/h6H,2-5H2,1H3. The summed E-state index contributed by atoms with van der Waals surface area (Å²) in [7, 11) is -2.76. The van der Waals surface area contributed by atoms with Gasteiger partial charge in [0.25, 0.3) is 0 Å². The smallest absolute Gasteiger partial charge is 0.148 e. The summed E-state index contributed by atoms with van der Waals surface area (Å²) < 4.78 is 26.3. The minimum atomic E-state index is -2.76. The predicted octanol–water partition coefficient (Wildman–Crippen LogP) is 0.163. The molecule has 0 aromatic carbocycles. The lowest BCUT2D eigenvalue weighted by molar-refractivity contribution is 0.426. The number of hydrogen-bond donors (Lipinski definition) is 0. The molecule has 0 aromatic heterocycles. The molecule has 1 atom stereocenters. The normalized spacial score (nSPS) is 23.5. The largest absolute Gasteiger partial charge is 0.372 e. The second-order valence-corrected chi connectivity index (χ2v) is 6.07. The van der Waals surface area contributed by atoms with Gasteiger partial charge in [-0.1, -0.05) is 0 Å². The summed E-state index contributed by atoms with van der Waals surface area (Å²) in [6.07, 6.45) is 1.67. The molecule has 1 saturated heterocycles. The molecule has 0 N–H and O–H groups in total. The molecule has 1 unspecified atom stereocenters. The molecule has 0 spiro atoms. The monoisotopic (exact) mass is 196 g/mol. The Morgan fingerprint density at radius 2 is 2.27 bits per heavy atom. The van der Waals surface area contributed by atoms with Gasteiger partial charge in [-0.15, -0.1) is 0 Å². The van der Waals surface area contributed by atoms with Crippen molar-refractivity contribution in [1.82, 2.24) is 0 Å². The van der Waals surface area contributed by atoms with Crippen molar-refractivity contribution in [2.45, 2.75) is 6.10 Å². The van der Waals surface area contributed by atoms with Crippen LogP contribution in [-0.4, -0.2) is 44.6 Å². The first-order valence-electron chi connectivity index (χ1n) is 3.45. The van der Waals surface area contributed by atoms with E-state index in [0.29, 0.717) is 11.9 Å². The van der Waals surface area contributed by atoms with Crippen molar-refractivity contribution in [2.75, 3.05) is 30.1 Å². The Morgan fingerprint density at radius 3 is 2.73 bits per heavy atom. The van der Waals surface area contributed by atoms with Crippen LogP contribution in [-0.2, 0) is 14.6 Å². The molecule has 66 valence electrons. The Kier molecular flexibility index (Phi) is 3.21. The maximum atomic E-state index is 10.6. The van der Waals surface area contributed by atoms with Crippen LogP contribution in [0.5, 0.6) is 0 Å². The van der Waals surface area contributed by atoms with Gasteiger partial charge >= 0.3 is 0 Å². The molecule has 0 radical (unpaired) electrons. The van der Waals surface area contributed by atoms with Crippen LogP contribution in [0.4, 0.5) is 0 Å². The van der Waals surface area contributed by atoms with Crippen LogP contribution in [0.3, 0.4) is 0 Å². The first kappa shape index (κ1) is 9.35. The quantitative estimate of drug-likeness (QED) is 0.464. The molecule has 1 aliphatic rings. The summed E-state index contributed by atoms with van der Waals surface area (Å²) in [5.41, 5.74) is 0. The van der Waals surface area contributed by atoms with Crippen LogP contribution < -0.4 is 0 Å². The van der Waals surface area contributed by atoms with Gasteiger partial charge in [0, 0.05) is 17.8 Å². The third kappa shape index (κ3) is 5.52. The Labute approximate surface area is 71.4 Å². The van der Waals surface area contributed by atoms with Gasteiger partial charge in [-0.25, -0.2) is 8.42 Å². The van der Waals surface area contributed by atoms with Gasteiger partial charge in [-0.05, 0) is 0 Å². The third-order valence-electron chi connectivity index (χ3n) is 1.30. The summed E-state index contributed by atoms with van der Waals surface area (Å²) in [5.74, 6) is 1.92. The lowest BCUT2D eigenvalue weighted by atomic mass is 10.6. The number of rotatable bonds is 5. The second kappa shape index (κ2) is 3.78. The van der Waals surface area contributed by atoms with Gasteiger partial charge in [0.05, 0.1) is 18.5 Å². The van der Waals surface area contributed by atoms with Crippen molar-refractivity contribution in [3.63, 3.8) is 0 Å². The number of epoxide rings is 1. The maximum absolute atomic E-state index is 10.6. The molecule has 0 aromatic rings. The van der Waals surface area contributed by atoms with E-state index in [2.05, 4.69) is 0 Å². The average Bonchev–Trinajstić information content (AvgIpc) is 2.60. The van der Waals surface area contributed by atoms with Crippen molar-refractivity contribution in [3.8, 4) is 0 Å². The summed E-state index contributed by atoms with van der Waals surface area (Å²) in [6, 6.07) is 0. The predicted molar refractivity (Wildman–Crippen MR) is 46.8 cm³/mol. The van der Waals surface area contributed by atoms with Crippen molar-refractivity contribution in [1.29, 1.82) is 0 Å². The van der Waals surface area contributed by atoms with Crippen LogP contribution in [0.25, 0.3) is 0 Å². The first-order chi connectivity index (χ1) is 5.08. The van der Waals surface area contributed by atoms with Crippen LogP contribution in [0.15, 0.2) is 0 Å². The molecule has 0 amide bonds. The Bertz CT molecular complexity index is 206. The molecule has 1 rings (SSSR count). The number of thioether (sulfide) groups is 1. The zero-order valence-corrected chi connectivity index (χ0v) is 8.08. The third-order valence-corrected chi connectivity index (χ3v) is 3.61. The van der Waals surface area contributed by atoms with Crippen LogP contribution in [0.1, 0.15) is 0 Å². The summed E-state index contributed by atoms with van der Waals surface area (Å²) in [5, 5.41) is 0. The highest BCUT2D eigenvalue weighted by Crippen LogP contribution is 2.15. The zero-order valence-electron chi connectivity index (χ0n) is 6.45. The zero-order chi connectivity index (χ0) is 8.32. The van der Waals surface area contributed by atoms with E-state index in [0.717, 1.165) is 12.4 Å². The van der Waals surface area contributed by atoms with E-state index >= 15 is 0 Å². The number of sulfone groups is 1. The molecular formula is C6H12O3S2. The Balaban J connectivity index is 1.95. The van der Waals surface area contributed by atoms with Gasteiger partial charge in [0.1, 0.15) is 9.84 Å². The highest BCUT2D eigenvalue weighted by molar-refractivity contribution is 8.00. The van der Waals surface area contributed by atoms with Crippen LogP contribution >= 0.6 is 11.8 Å². The lowest BCUT2D eigenvalue weighted by Crippen LogP contribution is -2.06. The van der Waals surface area contributed by atoms with Crippen molar-refractivity contribution < 1.29 is 13.2 Å². The Morgan fingerprint density at radius 1 is 1.64 bits per heavy atom. The van der Waals surface area contributed by atoms with Gasteiger partial charge in [-0.3, -0.25) is 0 Å². The molecule has 3 nitrogen and oxygen atoms in total. The van der Waals surface area contributed by atoms with Gasteiger partial charge < -0.3 is 4.74 Å². The van der Waals surface area contributed by atoms with Crippen molar-refractivity contribution >= 4 is 21.6 Å². The first-order valence-corrected chi connectivity index (χ1v) is 6.66. The molecular weight excluding hydrogens is 184 g/mol. The van der Waals surface area contributed by atoms with Crippen LogP contribution in [0, 0.1) is 0 Å². The van der Waals surface area contributed by atoms with Crippen LogP contribution in [0.2, 0.25) is 0 Å². The minimum absolute atomic E-state index is 0.282. The van der Waals surface area contributed by atoms with E-state index in [9.17, 15) is 8.42 Å². The summed E-state index contributed by atoms with van der Waals surface area (Å²) in [6.45, 7) is 0.853. The second-order valence-electron chi connectivity index (χ2n) is 2.66. The number of ether oxygens (including phenoxy) is 1. The maximum Gasteiger partial charge on any atom is 0.148 e. The fourth-order valence-corrected chi connectivity index (χ4v) is 2.89. The van der Waals surface area contributed by atoms with E-state index in [1.165, 1.54) is 6.26 Å². The molecule has 5 heteroatoms. The lowest BCUT2D eigenvalue weighted by Gasteiger charge is -1.96. The van der Waals surface area contributed by atoms with Gasteiger partial charge in [0.2, 0.25) is 0 Å². The van der Waals surface area contributed by atoms with Crippen molar-refractivity contribution in [3.05, 3.63) is 0 Å².